The van der Waals surface area contributed by atoms with E-state index >= 15 is 0 Å². The molecule has 21 heavy (non-hydrogen) atoms. The Morgan fingerprint density at radius 2 is 2.05 bits per heavy atom. The van der Waals surface area contributed by atoms with Crippen molar-refractivity contribution in [3.63, 3.8) is 0 Å². The van der Waals surface area contributed by atoms with Crippen LogP contribution >= 0.6 is 15.9 Å². The lowest BCUT2D eigenvalue weighted by Crippen LogP contribution is -2.30. The minimum absolute atomic E-state index is 0.0150. The first-order valence-electron chi connectivity index (χ1n) is 6.36. The summed E-state index contributed by atoms with van der Waals surface area (Å²) in [7, 11) is -0.427. The number of benzene rings is 1. The zero-order chi connectivity index (χ0) is 16.2. The Bertz CT molecular complexity index is 631. The molecule has 0 aromatic heterocycles. The second-order valence-corrected chi connectivity index (χ2v) is 7.54. The molecular weight excluding hydrogens is 360 g/mol. The summed E-state index contributed by atoms with van der Waals surface area (Å²) in [6.07, 6.45) is 0.672. The van der Waals surface area contributed by atoms with Crippen LogP contribution in [0.4, 0.5) is 0 Å². The Morgan fingerprint density at radius 1 is 1.43 bits per heavy atom. The van der Waals surface area contributed by atoms with Crippen molar-refractivity contribution in [1.82, 2.24) is 9.62 Å². The Morgan fingerprint density at radius 3 is 2.57 bits per heavy atom. The topological polar surface area (TPSA) is 86.7 Å². The first-order valence-corrected chi connectivity index (χ1v) is 8.59. The van der Waals surface area contributed by atoms with Crippen molar-refractivity contribution in [2.75, 3.05) is 27.2 Å². The Balaban J connectivity index is 3.21. The fraction of sp³-hybridized carbons (Fsp3) is 0.462. The molecule has 0 aliphatic heterocycles. The summed E-state index contributed by atoms with van der Waals surface area (Å²) in [4.78, 5) is 11.1. The van der Waals surface area contributed by atoms with E-state index in [4.69, 9.17) is 5.11 Å². The van der Waals surface area contributed by atoms with Crippen LogP contribution in [0.5, 0.6) is 0 Å². The molecule has 0 saturated carbocycles. The lowest BCUT2D eigenvalue weighted by atomic mass is 10.1. The third kappa shape index (κ3) is 4.26. The van der Waals surface area contributed by atoms with Gasteiger partial charge in [0.05, 0.1) is 10.5 Å². The zero-order valence-corrected chi connectivity index (χ0v) is 14.6. The lowest BCUT2D eigenvalue weighted by molar-refractivity contribution is 0.0696. The fourth-order valence-electron chi connectivity index (χ4n) is 1.81. The fourth-order valence-corrected chi connectivity index (χ4v) is 3.88. The van der Waals surface area contributed by atoms with Gasteiger partial charge in [0, 0.05) is 18.1 Å². The molecule has 118 valence electrons. The normalized spacial score (nSPS) is 11.9. The molecular formula is C13H19BrN2O4S. The molecule has 0 spiro atoms. The summed E-state index contributed by atoms with van der Waals surface area (Å²) >= 11 is 3.21. The average molecular weight is 379 g/mol. The van der Waals surface area contributed by atoms with Crippen LogP contribution in [0.2, 0.25) is 0 Å². The van der Waals surface area contributed by atoms with Crippen LogP contribution < -0.4 is 5.32 Å². The predicted octanol–water partition coefficient (Wildman–Crippen LogP) is 1.69. The summed E-state index contributed by atoms with van der Waals surface area (Å²) in [5.41, 5.74) is 0.440. The Hall–Kier alpha value is -0.960. The Labute approximate surface area is 133 Å². The molecule has 0 aliphatic rings. The molecule has 2 N–H and O–H groups in total. The van der Waals surface area contributed by atoms with Gasteiger partial charge in [-0.15, -0.1) is 0 Å². The number of hydrogen-bond acceptors (Lipinski definition) is 4. The first-order chi connectivity index (χ1) is 9.71. The molecule has 1 rings (SSSR count). The van der Waals surface area contributed by atoms with E-state index in [9.17, 15) is 13.2 Å². The second-order valence-electron chi connectivity index (χ2n) is 4.67. The minimum atomic E-state index is -3.72. The molecule has 1 aromatic carbocycles. The largest absolute Gasteiger partial charge is 0.478 e. The van der Waals surface area contributed by atoms with Gasteiger partial charge in [-0.05, 0) is 44.6 Å². The van der Waals surface area contributed by atoms with Crippen molar-refractivity contribution in [2.45, 2.75) is 18.2 Å². The molecule has 0 amide bonds. The number of carboxylic acids is 1. The highest BCUT2D eigenvalue weighted by atomic mass is 79.9. The van der Waals surface area contributed by atoms with Crippen molar-refractivity contribution in [1.29, 1.82) is 0 Å². The number of rotatable bonds is 7. The van der Waals surface area contributed by atoms with Crippen molar-refractivity contribution in [2.24, 2.45) is 0 Å². The summed E-state index contributed by atoms with van der Waals surface area (Å²) in [6, 6.07) is 2.60. The Kier molecular flexibility index (Phi) is 6.33. The van der Waals surface area contributed by atoms with Crippen LogP contribution in [0.25, 0.3) is 0 Å². The van der Waals surface area contributed by atoms with Gasteiger partial charge in [-0.25, -0.2) is 17.5 Å². The molecule has 0 saturated heterocycles. The highest BCUT2D eigenvalue weighted by Gasteiger charge is 2.25. The number of sulfonamides is 1. The van der Waals surface area contributed by atoms with Gasteiger partial charge >= 0.3 is 5.97 Å². The van der Waals surface area contributed by atoms with E-state index < -0.39 is 16.0 Å². The van der Waals surface area contributed by atoms with Crippen LogP contribution in [-0.2, 0) is 10.0 Å². The quantitative estimate of drug-likeness (QED) is 0.704. The molecule has 0 fully saturated rings. The van der Waals surface area contributed by atoms with E-state index in [1.807, 2.05) is 0 Å². The summed E-state index contributed by atoms with van der Waals surface area (Å²) in [5.74, 6) is -1.16. The first kappa shape index (κ1) is 18.1. The highest BCUT2D eigenvalue weighted by Crippen LogP contribution is 2.27. The number of hydrogen-bond donors (Lipinski definition) is 2. The smallest absolute Gasteiger partial charge is 0.335 e. The van der Waals surface area contributed by atoms with E-state index in [1.165, 1.54) is 23.5 Å². The molecule has 8 heteroatoms. The third-order valence-electron chi connectivity index (χ3n) is 3.13. The van der Waals surface area contributed by atoms with Gasteiger partial charge in [0.15, 0.2) is 0 Å². The number of nitrogens with one attached hydrogen (secondary N) is 1. The third-order valence-corrected chi connectivity index (χ3v) is 5.94. The van der Waals surface area contributed by atoms with E-state index in [0.29, 0.717) is 29.5 Å². The van der Waals surface area contributed by atoms with Gasteiger partial charge in [-0.1, -0.05) is 15.9 Å². The van der Waals surface area contributed by atoms with Gasteiger partial charge in [0.2, 0.25) is 10.0 Å². The van der Waals surface area contributed by atoms with E-state index in [0.717, 1.165) is 0 Å². The monoisotopic (exact) mass is 378 g/mol. The number of halogens is 1. The molecule has 0 aliphatic carbocycles. The predicted molar refractivity (Wildman–Crippen MR) is 84.2 cm³/mol. The molecule has 1 aromatic rings. The van der Waals surface area contributed by atoms with Crippen molar-refractivity contribution < 1.29 is 18.3 Å². The average Bonchev–Trinajstić information content (AvgIpc) is 2.41. The van der Waals surface area contributed by atoms with E-state index in [-0.39, 0.29) is 10.5 Å². The van der Waals surface area contributed by atoms with E-state index in [1.54, 1.807) is 14.0 Å². The molecule has 0 radical (unpaired) electrons. The molecule has 6 nitrogen and oxygen atoms in total. The molecule has 0 atom stereocenters. The standard InChI is InChI=1S/C13H19BrN2O4S/c1-9-11(14)7-10(13(17)18)8-12(9)21(19,20)16(3)6-4-5-15-2/h7-8,15H,4-6H2,1-3H3,(H,17,18). The summed E-state index contributed by atoms with van der Waals surface area (Å²) in [6.45, 7) is 2.71. The lowest BCUT2D eigenvalue weighted by Gasteiger charge is -2.19. The van der Waals surface area contributed by atoms with Gasteiger partial charge in [-0.3, -0.25) is 0 Å². The summed E-state index contributed by atoms with van der Waals surface area (Å²) in [5, 5.41) is 12.0. The maximum Gasteiger partial charge on any atom is 0.335 e. The number of nitrogens with zero attached hydrogens (tertiary/aromatic N) is 1. The van der Waals surface area contributed by atoms with Gasteiger partial charge in [0.25, 0.3) is 0 Å². The maximum absolute atomic E-state index is 12.6. The summed E-state index contributed by atoms with van der Waals surface area (Å²) < 4.78 is 26.8. The minimum Gasteiger partial charge on any atom is -0.478 e. The van der Waals surface area contributed by atoms with Crippen molar-refractivity contribution in [3.8, 4) is 0 Å². The molecule has 0 heterocycles. The maximum atomic E-state index is 12.6. The highest BCUT2D eigenvalue weighted by molar-refractivity contribution is 9.10. The van der Waals surface area contributed by atoms with Crippen molar-refractivity contribution >= 4 is 31.9 Å². The van der Waals surface area contributed by atoms with Crippen molar-refractivity contribution in [3.05, 3.63) is 27.7 Å². The second kappa shape index (κ2) is 7.35. The number of carbonyl (C=O) groups is 1. The van der Waals surface area contributed by atoms with Gasteiger partial charge < -0.3 is 10.4 Å². The van der Waals surface area contributed by atoms with Crippen LogP contribution in [0.15, 0.2) is 21.5 Å². The molecule has 0 unspecified atom stereocenters. The zero-order valence-electron chi connectivity index (χ0n) is 12.2. The van der Waals surface area contributed by atoms with Crippen LogP contribution in [0.3, 0.4) is 0 Å². The van der Waals surface area contributed by atoms with E-state index in [2.05, 4.69) is 21.2 Å². The molecule has 0 bridgehead atoms. The van der Waals surface area contributed by atoms with Crippen LogP contribution in [0, 0.1) is 6.92 Å². The number of aromatic carboxylic acids is 1. The van der Waals surface area contributed by atoms with Crippen LogP contribution in [-0.4, -0.2) is 51.0 Å². The van der Waals surface area contributed by atoms with Gasteiger partial charge in [-0.2, -0.15) is 0 Å². The number of carboxylic acid groups (broad SMARTS) is 1. The van der Waals surface area contributed by atoms with Crippen LogP contribution in [0.1, 0.15) is 22.3 Å². The SMILES string of the molecule is CNCCCN(C)S(=O)(=O)c1cc(C(=O)O)cc(Br)c1C. The van der Waals surface area contributed by atoms with Gasteiger partial charge in [0.1, 0.15) is 0 Å².